The minimum Gasteiger partial charge on any atom is -0.241 e. The second-order valence-electron chi connectivity index (χ2n) is 5.00. The lowest BCUT2D eigenvalue weighted by Crippen LogP contribution is -1.94. The fourth-order valence-corrected chi connectivity index (χ4v) is 2.46. The van der Waals surface area contributed by atoms with Crippen LogP contribution in [0.1, 0.15) is 0 Å². The Morgan fingerprint density at radius 2 is 0.955 bits per heavy atom. The SMILES string of the molecule is c1cnn(-c2ccc(-c3ccc(-n4cccn4)cc3)cc2)c1. The van der Waals surface area contributed by atoms with Gasteiger partial charge in [-0.3, -0.25) is 0 Å². The molecule has 0 bridgehead atoms. The van der Waals surface area contributed by atoms with E-state index >= 15 is 0 Å². The first-order valence-corrected chi connectivity index (χ1v) is 7.11. The third kappa shape index (κ3) is 2.31. The van der Waals surface area contributed by atoms with Crippen LogP contribution in [0.15, 0.2) is 85.5 Å². The molecule has 2 aromatic heterocycles. The molecule has 0 saturated carbocycles. The molecule has 0 saturated heterocycles. The second-order valence-corrected chi connectivity index (χ2v) is 5.00. The van der Waals surface area contributed by atoms with Crippen LogP contribution in [0.3, 0.4) is 0 Å². The Hall–Kier alpha value is -3.14. The molecule has 0 radical (unpaired) electrons. The average molecular weight is 286 g/mol. The van der Waals surface area contributed by atoms with Gasteiger partial charge in [0.25, 0.3) is 0 Å². The maximum absolute atomic E-state index is 4.24. The summed E-state index contributed by atoms with van der Waals surface area (Å²) < 4.78 is 3.70. The summed E-state index contributed by atoms with van der Waals surface area (Å²) in [6, 6.07) is 20.6. The highest BCUT2D eigenvalue weighted by Gasteiger charge is 2.01. The molecule has 0 amide bonds. The molecule has 4 heteroatoms. The molecule has 0 spiro atoms. The van der Waals surface area contributed by atoms with Crippen LogP contribution in [0.2, 0.25) is 0 Å². The van der Waals surface area contributed by atoms with E-state index in [4.69, 9.17) is 0 Å². The summed E-state index contributed by atoms with van der Waals surface area (Å²) in [6.45, 7) is 0. The smallest absolute Gasteiger partial charge is 0.0645 e. The van der Waals surface area contributed by atoms with Crippen LogP contribution in [-0.4, -0.2) is 19.6 Å². The summed E-state index contributed by atoms with van der Waals surface area (Å²) in [7, 11) is 0. The van der Waals surface area contributed by atoms with E-state index < -0.39 is 0 Å². The number of hydrogen-bond donors (Lipinski definition) is 0. The summed E-state index contributed by atoms with van der Waals surface area (Å²) in [5.41, 5.74) is 4.48. The molecule has 22 heavy (non-hydrogen) atoms. The monoisotopic (exact) mass is 286 g/mol. The van der Waals surface area contributed by atoms with Crippen molar-refractivity contribution in [1.82, 2.24) is 19.6 Å². The molecule has 0 N–H and O–H groups in total. The van der Waals surface area contributed by atoms with E-state index in [1.807, 2.05) is 33.9 Å². The Morgan fingerprint density at radius 3 is 1.27 bits per heavy atom. The van der Waals surface area contributed by atoms with E-state index in [-0.39, 0.29) is 0 Å². The van der Waals surface area contributed by atoms with Gasteiger partial charge in [-0.1, -0.05) is 24.3 Å². The van der Waals surface area contributed by atoms with Crippen molar-refractivity contribution in [3.8, 4) is 22.5 Å². The highest BCUT2D eigenvalue weighted by atomic mass is 15.3. The standard InChI is InChI=1S/C18H14N4/c1-11-19-21(13-1)17-7-3-15(4-8-17)16-5-9-18(10-6-16)22-14-2-12-20-22/h1-14H. The van der Waals surface area contributed by atoms with Crippen molar-refractivity contribution in [3.63, 3.8) is 0 Å². The van der Waals surface area contributed by atoms with Gasteiger partial charge in [-0.15, -0.1) is 0 Å². The van der Waals surface area contributed by atoms with Gasteiger partial charge >= 0.3 is 0 Å². The van der Waals surface area contributed by atoms with Gasteiger partial charge in [0.2, 0.25) is 0 Å². The number of nitrogens with zero attached hydrogens (tertiary/aromatic N) is 4. The molecule has 0 unspecified atom stereocenters. The Morgan fingerprint density at radius 1 is 0.545 bits per heavy atom. The fraction of sp³-hybridized carbons (Fsp3) is 0. The quantitative estimate of drug-likeness (QED) is 0.575. The van der Waals surface area contributed by atoms with Crippen LogP contribution >= 0.6 is 0 Å². The van der Waals surface area contributed by atoms with Gasteiger partial charge < -0.3 is 0 Å². The molecule has 0 aliphatic carbocycles. The molecule has 0 atom stereocenters. The molecule has 0 aliphatic rings. The van der Waals surface area contributed by atoms with Gasteiger partial charge in [-0.05, 0) is 47.5 Å². The molecular weight excluding hydrogens is 272 g/mol. The first-order valence-electron chi connectivity index (χ1n) is 7.11. The summed E-state index contributed by atoms with van der Waals surface area (Å²) in [5.74, 6) is 0. The van der Waals surface area contributed by atoms with Crippen molar-refractivity contribution in [1.29, 1.82) is 0 Å². The van der Waals surface area contributed by atoms with Gasteiger partial charge in [0.15, 0.2) is 0 Å². The van der Waals surface area contributed by atoms with Crippen LogP contribution in [0.25, 0.3) is 22.5 Å². The van der Waals surface area contributed by atoms with E-state index in [9.17, 15) is 0 Å². The third-order valence-electron chi connectivity index (χ3n) is 3.61. The Kier molecular flexibility index (Phi) is 3.05. The molecule has 4 nitrogen and oxygen atoms in total. The van der Waals surface area contributed by atoms with Crippen molar-refractivity contribution in [3.05, 3.63) is 85.5 Å². The minimum atomic E-state index is 1.06. The van der Waals surface area contributed by atoms with Crippen molar-refractivity contribution in [2.45, 2.75) is 0 Å². The number of hydrogen-bond acceptors (Lipinski definition) is 2. The van der Waals surface area contributed by atoms with Gasteiger partial charge in [0.05, 0.1) is 11.4 Å². The van der Waals surface area contributed by atoms with E-state index in [0.29, 0.717) is 0 Å². The average Bonchev–Trinajstić information content (AvgIpc) is 3.29. The van der Waals surface area contributed by atoms with E-state index in [0.717, 1.165) is 11.4 Å². The molecule has 2 heterocycles. The molecule has 106 valence electrons. The number of aromatic nitrogens is 4. The fourth-order valence-electron chi connectivity index (χ4n) is 2.46. The first kappa shape index (κ1) is 12.6. The number of benzene rings is 2. The zero-order valence-electron chi connectivity index (χ0n) is 11.9. The zero-order chi connectivity index (χ0) is 14.8. The van der Waals surface area contributed by atoms with Crippen molar-refractivity contribution >= 4 is 0 Å². The Bertz CT molecular complexity index is 767. The van der Waals surface area contributed by atoms with Gasteiger partial charge in [0.1, 0.15) is 0 Å². The minimum absolute atomic E-state index is 1.06. The van der Waals surface area contributed by atoms with E-state index in [2.05, 4.69) is 58.7 Å². The lowest BCUT2D eigenvalue weighted by molar-refractivity contribution is 0.880. The predicted molar refractivity (Wildman–Crippen MR) is 86.1 cm³/mol. The van der Waals surface area contributed by atoms with Crippen LogP contribution in [0.5, 0.6) is 0 Å². The van der Waals surface area contributed by atoms with Gasteiger partial charge in [-0.2, -0.15) is 10.2 Å². The molecule has 4 rings (SSSR count). The van der Waals surface area contributed by atoms with Crippen LogP contribution in [0, 0.1) is 0 Å². The predicted octanol–water partition coefficient (Wildman–Crippen LogP) is 3.73. The molecule has 2 aromatic carbocycles. The highest BCUT2D eigenvalue weighted by molar-refractivity contribution is 5.65. The lowest BCUT2D eigenvalue weighted by atomic mass is 10.1. The summed E-state index contributed by atoms with van der Waals surface area (Å²) in [5, 5.41) is 8.47. The Labute approximate surface area is 128 Å². The maximum Gasteiger partial charge on any atom is 0.0645 e. The third-order valence-corrected chi connectivity index (χ3v) is 3.61. The van der Waals surface area contributed by atoms with Crippen LogP contribution < -0.4 is 0 Å². The Balaban J connectivity index is 1.62. The van der Waals surface area contributed by atoms with Gasteiger partial charge in [0, 0.05) is 24.8 Å². The topological polar surface area (TPSA) is 35.6 Å². The molecule has 0 fully saturated rings. The zero-order valence-corrected chi connectivity index (χ0v) is 11.9. The van der Waals surface area contributed by atoms with Crippen molar-refractivity contribution in [2.24, 2.45) is 0 Å². The normalized spacial score (nSPS) is 10.7. The van der Waals surface area contributed by atoms with Crippen molar-refractivity contribution < 1.29 is 0 Å². The molecular formula is C18H14N4. The number of rotatable bonds is 3. The van der Waals surface area contributed by atoms with Crippen LogP contribution in [0.4, 0.5) is 0 Å². The first-order chi connectivity index (χ1) is 10.9. The highest BCUT2D eigenvalue weighted by Crippen LogP contribution is 2.22. The van der Waals surface area contributed by atoms with Crippen LogP contribution in [-0.2, 0) is 0 Å². The van der Waals surface area contributed by atoms with Gasteiger partial charge in [-0.25, -0.2) is 9.36 Å². The molecule has 0 aliphatic heterocycles. The summed E-state index contributed by atoms with van der Waals surface area (Å²) >= 11 is 0. The summed E-state index contributed by atoms with van der Waals surface area (Å²) in [6.07, 6.45) is 7.44. The lowest BCUT2D eigenvalue weighted by Gasteiger charge is -2.06. The van der Waals surface area contributed by atoms with Crippen molar-refractivity contribution in [2.75, 3.05) is 0 Å². The largest absolute Gasteiger partial charge is 0.241 e. The maximum atomic E-state index is 4.24. The van der Waals surface area contributed by atoms with E-state index in [1.54, 1.807) is 12.4 Å². The second kappa shape index (κ2) is 5.33. The summed E-state index contributed by atoms with van der Waals surface area (Å²) in [4.78, 5) is 0. The molecule has 4 aromatic rings. The van der Waals surface area contributed by atoms with E-state index in [1.165, 1.54) is 11.1 Å².